The molecule has 1 N–H and O–H groups in total. The maximum Gasteiger partial charge on any atom is 0.422 e. The summed E-state index contributed by atoms with van der Waals surface area (Å²) in [6.07, 6.45) is -4.32. The largest absolute Gasteiger partial charge is 0.422 e. The number of aromatic nitrogens is 1. The van der Waals surface area contributed by atoms with E-state index in [2.05, 4.69) is 4.98 Å². The van der Waals surface area contributed by atoms with Crippen molar-refractivity contribution in [1.29, 1.82) is 0 Å². The van der Waals surface area contributed by atoms with Gasteiger partial charge in [-0.15, -0.1) is 0 Å². The van der Waals surface area contributed by atoms with Crippen molar-refractivity contribution in [1.82, 2.24) is 4.98 Å². The Labute approximate surface area is 149 Å². The molecule has 1 heterocycles. The predicted octanol–water partition coefficient (Wildman–Crippen LogP) is 4.82. The Bertz CT molecular complexity index is 818. The highest BCUT2D eigenvalue weighted by molar-refractivity contribution is 14.1. The molecular formula is C14H6F7IN2O. The number of amides is 1. The van der Waals surface area contributed by atoms with Crippen LogP contribution in [0.25, 0.3) is 0 Å². The quantitative estimate of drug-likeness (QED) is 0.382. The average Bonchev–Trinajstić information content (AvgIpc) is 2.48. The van der Waals surface area contributed by atoms with Crippen LogP contribution in [-0.4, -0.2) is 10.9 Å². The Morgan fingerprint density at radius 1 is 1.08 bits per heavy atom. The number of hydrogen-bond donors (Lipinski definition) is 1. The molecule has 134 valence electrons. The third-order valence-corrected chi connectivity index (χ3v) is 4.00. The predicted molar refractivity (Wildman–Crippen MR) is 80.9 cm³/mol. The number of halogens is 8. The van der Waals surface area contributed by atoms with E-state index in [1.54, 1.807) is 27.9 Å². The van der Waals surface area contributed by atoms with Gasteiger partial charge in [-0.05, 0) is 35.6 Å². The fourth-order valence-corrected chi connectivity index (χ4v) is 2.77. The molecule has 0 atom stereocenters. The molecule has 0 saturated carbocycles. The second kappa shape index (κ2) is 6.77. The van der Waals surface area contributed by atoms with Gasteiger partial charge in [-0.25, -0.2) is 17.6 Å². The Kier molecular flexibility index (Phi) is 5.25. The van der Waals surface area contributed by atoms with Crippen LogP contribution >= 0.6 is 22.6 Å². The summed E-state index contributed by atoms with van der Waals surface area (Å²) in [6, 6.07) is 1.38. The molecule has 0 radical (unpaired) electrons. The van der Waals surface area contributed by atoms with Gasteiger partial charge in [0.25, 0.3) is 5.91 Å². The number of hydrogen-bond acceptors (Lipinski definition) is 2. The van der Waals surface area contributed by atoms with Crippen LogP contribution in [0, 0.1) is 33.8 Å². The van der Waals surface area contributed by atoms with Crippen LogP contribution in [0.4, 0.5) is 36.4 Å². The molecule has 1 aromatic heterocycles. The van der Waals surface area contributed by atoms with Gasteiger partial charge in [0.05, 0.1) is 11.3 Å². The van der Waals surface area contributed by atoms with E-state index in [9.17, 15) is 35.5 Å². The number of anilines is 1. The highest BCUT2D eigenvalue weighted by Crippen LogP contribution is 2.38. The minimum Gasteiger partial charge on any atom is -0.317 e. The van der Waals surface area contributed by atoms with E-state index >= 15 is 0 Å². The molecule has 0 unspecified atom stereocenters. The molecule has 0 saturated heterocycles. The van der Waals surface area contributed by atoms with Crippen molar-refractivity contribution < 1.29 is 35.5 Å². The maximum atomic E-state index is 13.8. The second-order valence-electron chi connectivity index (χ2n) is 4.71. The standard InChI is InChI=1S/C14H6F7IN2O/c1-4-6(5(22)2-3-23-4)13(25)24-12-10(17)8(15)7(14(19,20)21)9(16)11(12)18/h2-3H,1H3,(H,24,25). The Hall–Kier alpha value is -1.92. The average molecular weight is 478 g/mol. The van der Waals surface area contributed by atoms with E-state index in [-0.39, 0.29) is 11.3 Å². The highest BCUT2D eigenvalue weighted by atomic mass is 127. The molecule has 1 amide bonds. The van der Waals surface area contributed by atoms with Crippen molar-refractivity contribution >= 4 is 34.2 Å². The van der Waals surface area contributed by atoms with Gasteiger partial charge in [-0.2, -0.15) is 13.2 Å². The Morgan fingerprint density at radius 3 is 2.04 bits per heavy atom. The van der Waals surface area contributed by atoms with E-state index in [1.165, 1.54) is 19.2 Å². The summed E-state index contributed by atoms with van der Waals surface area (Å²) in [5.41, 5.74) is -4.39. The monoisotopic (exact) mass is 478 g/mol. The van der Waals surface area contributed by atoms with Crippen LogP contribution in [0.1, 0.15) is 21.6 Å². The lowest BCUT2D eigenvalue weighted by atomic mass is 10.1. The molecule has 2 aromatic rings. The summed E-state index contributed by atoms with van der Waals surface area (Å²) < 4.78 is 92.6. The number of alkyl halides is 3. The van der Waals surface area contributed by atoms with Gasteiger partial charge in [-0.3, -0.25) is 9.78 Å². The first kappa shape index (κ1) is 19.4. The molecule has 0 spiro atoms. The molecule has 0 aliphatic heterocycles. The molecule has 25 heavy (non-hydrogen) atoms. The molecule has 1 aromatic carbocycles. The van der Waals surface area contributed by atoms with Crippen LogP contribution in [0.3, 0.4) is 0 Å². The minimum absolute atomic E-state index is 0.137. The zero-order valence-electron chi connectivity index (χ0n) is 12.0. The third-order valence-electron chi connectivity index (χ3n) is 3.10. The third kappa shape index (κ3) is 3.55. The normalized spacial score (nSPS) is 11.6. The highest BCUT2D eigenvalue weighted by Gasteiger charge is 2.42. The van der Waals surface area contributed by atoms with E-state index in [0.717, 1.165) is 0 Å². The first-order chi connectivity index (χ1) is 11.5. The van der Waals surface area contributed by atoms with Crippen LogP contribution in [0.2, 0.25) is 0 Å². The van der Waals surface area contributed by atoms with Crippen molar-refractivity contribution in [3.63, 3.8) is 0 Å². The lowest BCUT2D eigenvalue weighted by Gasteiger charge is -2.15. The molecule has 2 rings (SSSR count). The summed E-state index contributed by atoms with van der Waals surface area (Å²) in [6.45, 7) is 1.39. The topological polar surface area (TPSA) is 42.0 Å². The van der Waals surface area contributed by atoms with E-state index in [4.69, 9.17) is 0 Å². The summed E-state index contributed by atoms with van der Waals surface area (Å²) in [5.74, 6) is -11.2. The lowest BCUT2D eigenvalue weighted by molar-refractivity contribution is -0.143. The number of nitrogens with zero attached hydrogens (tertiary/aromatic N) is 1. The van der Waals surface area contributed by atoms with Gasteiger partial charge in [0.1, 0.15) is 11.3 Å². The smallest absolute Gasteiger partial charge is 0.317 e. The number of pyridine rings is 1. The van der Waals surface area contributed by atoms with Gasteiger partial charge in [0.2, 0.25) is 0 Å². The number of rotatable bonds is 2. The first-order valence-corrected chi connectivity index (χ1v) is 7.40. The van der Waals surface area contributed by atoms with Crippen LogP contribution in [0.5, 0.6) is 0 Å². The molecule has 0 fully saturated rings. The van der Waals surface area contributed by atoms with Gasteiger partial charge in [0.15, 0.2) is 23.3 Å². The molecule has 0 bridgehead atoms. The zero-order chi connectivity index (χ0) is 19.1. The van der Waals surface area contributed by atoms with Crippen molar-refractivity contribution in [3.8, 4) is 0 Å². The van der Waals surface area contributed by atoms with Gasteiger partial charge >= 0.3 is 6.18 Å². The summed E-state index contributed by atoms with van der Waals surface area (Å²) in [5, 5.41) is 1.56. The number of carbonyl (C=O) groups is 1. The van der Waals surface area contributed by atoms with Crippen molar-refractivity contribution in [2.45, 2.75) is 13.1 Å². The second-order valence-corrected chi connectivity index (χ2v) is 5.87. The maximum absolute atomic E-state index is 13.8. The van der Waals surface area contributed by atoms with Crippen LogP contribution in [0.15, 0.2) is 12.3 Å². The first-order valence-electron chi connectivity index (χ1n) is 6.32. The Morgan fingerprint density at radius 2 is 1.60 bits per heavy atom. The summed E-state index contributed by atoms with van der Waals surface area (Å²) in [7, 11) is 0. The van der Waals surface area contributed by atoms with Gasteiger partial charge in [0, 0.05) is 9.77 Å². The van der Waals surface area contributed by atoms with Crippen LogP contribution < -0.4 is 5.32 Å². The number of benzene rings is 1. The number of aryl methyl sites for hydroxylation is 1. The molecule has 0 aliphatic carbocycles. The fourth-order valence-electron chi connectivity index (χ4n) is 1.97. The van der Waals surface area contributed by atoms with E-state index < -0.39 is 46.6 Å². The SMILES string of the molecule is Cc1nccc(I)c1C(=O)Nc1c(F)c(F)c(C(F)(F)F)c(F)c1F. The lowest BCUT2D eigenvalue weighted by Crippen LogP contribution is -2.21. The minimum atomic E-state index is -5.66. The van der Waals surface area contributed by atoms with Gasteiger partial charge in [-0.1, -0.05) is 0 Å². The fraction of sp³-hybridized carbons (Fsp3) is 0.143. The molecule has 11 heteroatoms. The molecular weight excluding hydrogens is 472 g/mol. The summed E-state index contributed by atoms with van der Waals surface area (Å²) >= 11 is 1.71. The van der Waals surface area contributed by atoms with Crippen LogP contribution in [-0.2, 0) is 6.18 Å². The summed E-state index contributed by atoms with van der Waals surface area (Å²) in [4.78, 5) is 15.9. The molecule has 3 nitrogen and oxygen atoms in total. The van der Waals surface area contributed by atoms with Crippen molar-refractivity contribution in [2.75, 3.05) is 5.32 Å². The Balaban J connectivity index is 2.57. The van der Waals surface area contributed by atoms with Crippen molar-refractivity contribution in [3.05, 3.63) is 55.9 Å². The molecule has 0 aliphatic rings. The van der Waals surface area contributed by atoms with Crippen molar-refractivity contribution in [2.24, 2.45) is 0 Å². The number of nitrogens with one attached hydrogen (secondary N) is 1. The van der Waals surface area contributed by atoms with Gasteiger partial charge < -0.3 is 5.32 Å². The number of carbonyl (C=O) groups excluding carboxylic acids is 1. The van der Waals surface area contributed by atoms with E-state index in [0.29, 0.717) is 3.57 Å². The zero-order valence-corrected chi connectivity index (χ0v) is 14.2. The van der Waals surface area contributed by atoms with E-state index in [1.807, 2.05) is 0 Å².